The number of nitrogens with zero attached hydrogens (tertiary/aromatic N) is 1. The van der Waals surface area contributed by atoms with Crippen LogP contribution in [0.2, 0.25) is 0 Å². The van der Waals surface area contributed by atoms with Gasteiger partial charge in [-0.1, -0.05) is 66.7 Å². The molecule has 0 saturated heterocycles. The van der Waals surface area contributed by atoms with E-state index < -0.39 is 11.6 Å². The molecule has 0 amide bonds. The number of methoxy groups -OCH3 is 1. The summed E-state index contributed by atoms with van der Waals surface area (Å²) in [6.45, 7) is 0. The van der Waals surface area contributed by atoms with Crippen LogP contribution in [0.4, 0.5) is 28.4 Å². The van der Waals surface area contributed by atoms with Crippen molar-refractivity contribution in [2.24, 2.45) is 0 Å². The molecule has 0 aliphatic carbocycles. The van der Waals surface area contributed by atoms with E-state index in [1.54, 1.807) is 7.11 Å². The van der Waals surface area contributed by atoms with Gasteiger partial charge in [-0.05, 0) is 42.5 Å². The molecule has 0 aromatic heterocycles. The molecule has 208 valence electrons. The molecule has 5 aromatic carbocycles. The zero-order valence-corrected chi connectivity index (χ0v) is 23.5. The Hall–Kier alpha value is -5.43. The van der Waals surface area contributed by atoms with Crippen molar-refractivity contribution in [3.8, 4) is 17.2 Å². The van der Waals surface area contributed by atoms with Gasteiger partial charge in [-0.25, -0.2) is 4.79 Å². The fourth-order valence-corrected chi connectivity index (χ4v) is 5.95. The molecule has 1 spiro atoms. The SMILES string of the molecule is COc1cccc(Nc2ccccc2N(C)C)c1Nc1cccc2c1C(=O)OC21c2ccccc2Oc2ccccc21. The van der Waals surface area contributed by atoms with E-state index in [-0.39, 0.29) is 0 Å². The third-order valence-electron chi connectivity index (χ3n) is 7.81. The number of nitrogens with one attached hydrogen (secondary N) is 2. The molecule has 2 aliphatic rings. The van der Waals surface area contributed by atoms with Gasteiger partial charge in [0, 0.05) is 30.8 Å². The largest absolute Gasteiger partial charge is 0.494 e. The fourth-order valence-electron chi connectivity index (χ4n) is 5.95. The Kier molecular flexibility index (Phi) is 6.01. The van der Waals surface area contributed by atoms with Gasteiger partial charge < -0.3 is 29.7 Å². The quantitative estimate of drug-likeness (QED) is 0.207. The molecule has 2 aliphatic heterocycles. The van der Waals surface area contributed by atoms with Crippen molar-refractivity contribution in [1.29, 1.82) is 0 Å². The summed E-state index contributed by atoms with van der Waals surface area (Å²) >= 11 is 0. The number of esters is 1. The van der Waals surface area contributed by atoms with Crippen molar-refractivity contribution in [1.82, 2.24) is 0 Å². The maximum atomic E-state index is 13.9. The lowest BCUT2D eigenvalue weighted by molar-refractivity contribution is 0.0225. The third-order valence-corrected chi connectivity index (χ3v) is 7.81. The molecule has 7 heteroatoms. The van der Waals surface area contributed by atoms with Crippen molar-refractivity contribution in [2.75, 3.05) is 36.7 Å². The number of para-hydroxylation sites is 5. The smallest absolute Gasteiger partial charge is 0.342 e. The first-order valence-electron chi connectivity index (χ1n) is 13.7. The number of hydrogen-bond donors (Lipinski definition) is 2. The Morgan fingerprint density at radius 1 is 0.667 bits per heavy atom. The van der Waals surface area contributed by atoms with Crippen LogP contribution in [0.25, 0.3) is 0 Å². The molecule has 7 nitrogen and oxygen atoms in total. The number of fused-ring (bicyclic) bond motifs is 6. The van der Waals surface area contributed by atoms with E-state index in [1.165, 1.54) is 0 Å². The van der Waals surface area contributed by atoms with E-state index in [0.29, 0.717) is 34.2 Å². The van der Waals surface area contributed by atoms with E-state index in [9.17, 15) is 4.79 Å². The lowest BCUT2D eigenvalue weighted by Gasteiger charge is -2.36. The van der Waals surface area contributed by atoms with Crippen LogP contribution in [0, 0.1) is 0 Å². The highest BCUT2D eigenvalue weighted by Crippen LogP contribution is 2.57. The highest BCUT2D eigenvalue weighted by molar-refractivity contribution is 6.03. The second-order valence-electron chi connectivity index (χ2n) is 10.4. The van der Waals surface area contributed by atoms with Crippen LogP contribution < -0.4 is 25.0 Å². The standard InChI is InChI=1S/C35H29N3O4/c1-38(2)28-18-7-6-15-25(28)36-27-17-11-21-31(40-3)33(27)37-26-16-10-14-24-32(26)34(39)42-35(24)22-12-4-8-19-29(22)41-30-20-9-5-13-23(30)35/h4-21,36-37H,1-3H3. The Bertz CT molecular complexity index is 1800. The Balaban J connectivity index is 1.37. The van der Waals surface area contributed by atoms with Crippen LogP contribution in [0.3, 0.4) is 0 Å². The van der Waals surface area contributed by atoms with Crippen molar-refractivity contribution in [3.63, 3.8) is 0 Å². The highest BCUT2D eigenvalue weighted by atomic mass is 16.6. The average Bonchev–Trinajstić information content (AvgIpc) is 3.31. The van der Waals surface area contributed by atoms with E-state index in [4.69, 9.17) is 14.2 Å². The minimum atomic E-state index is -1.14. The molecule has 42 heavy (non-hydrogen) atoms. The first-order chi connectivity index (χ1) is 20.5. The number of carbonyl (C=O) groups is 1. The Morgan fingerprint density at radius 3 is 1.98 bits per heavy atom. The van der Waals surface area contributed by atoms with E-state index in [0.717, 1.165) is 33.8 Å². The summed E-state index contributed by atoms with van der Waals surface area (Å²) in [5.74, 6) is 1.53. The van der Waals surface area contributed by atoms with Gasteiger partial charge in [0.1, 0.15) is 22.9 Å². The minimum absolute atomic E-state index is 0.415. The highest BCUT2D eigenvalue weighted by Gasteiger charge is 2.54. The van der Waals surface area contributed by atoms with Gasteiger partial charge in [-0.2, -0.15) is 0 Å². The van der Waals surface area contributed by atoms with Crippen molar-refractivity contribution in [2.45, 2.75) is 5.60 Å². The fraction of sp³-hybridized carbons (Fsp3) is 0.114. The lowest BCUT2D eigenvalue weighted by Crippen LogP contribution is -2.32. The van der Waals surface area contributed by atoms with Gasteiger partial charge in [-0.3, -0.25) is 0 Å². The summed E-state index contributed by atoms with van der Waals surface area (Å²) in [4.78, 5) is 15.9. The van der Waals surface area contributed by atoms with E-state index in [1.807, 2.05) is 117 Å². The summed E-state index contributed by atoms with van der Waals surface area (Å²) in [7, 11) is 5.64. The molecule has 7 rings (SSSR count). The molecule has 0 atom stereocenters. The number of rotatable bonds is 6. The van der Waals surface area contributed by atoms with E-state index >= 15 is 0 Å². The predicted molar refractivity (Wildman–Crippen MR) is 165 cm³/mol. The summed E-state index contributed by atoms with van der Waals surface area (Å²) < 4.78 is 18.4. The first kappa shape index (κ1) is 25.5. The van der Waals surface area contributed by atoms with Gasteiger partial charge in [0.25, 0.3) is 0 Å². The molecule has 0 unspecified atom stereocenters. The number of benzene rings is 5. The van der Waals surface area contributed by atoms with Gasteiger partial charge in [0.05, 0.1) is 35.4 Å². The van der Waals surface area contributed by atoms with Gasteiger partial charge in [0.2, 0.25) is 0 Å². The molecule has 0 radical (unpaired) electrons. The monoisotopic (exact) mass is 555 g/mol. The second kappa shape index (κ2) is 9.89. The number of carbonyl (C=O) groups excluding carboxylic acids is 1. The topological polar surface area (TPSA) is 72.1 Å². The summed E-state index contributed by atoms with van der Waals surface area (Å²) in [6.07, 6.45) is 0. The zero-order valence-electron chi connectivity index (χ0n) is 23.5. The minimum Gasteiger partial charge on any atom is -0.494 e. The van der Waals surface area contributed by atoms with Crippen LogP contribution in [-0.4, -0.2) is 27.2 Å². The second-order valence-corrected chi connectivity index (χ2v) is 10.4. The van der Waals surface area contributed by atoms with Crippen LogP contribution in [0.1, 0.15) is 27.0 Å². The maximum Gasteiger partial charge on any atom is 0.342 e. The lowest BCUT2D eigenvalue weighted by atomic mass is 9.77. The van der Waals surface area contributed by atoms with Gasteiger partial charge in [0.15, 0.2) is 5.60 Å². The Morgan fingerprint density at radius 2 is 1.26 bits per heavy atom. The van der Waals surface area contributed by atoms with Crippen LogP contribution in [-0.2, 0) is 10.3 Å². The predicted octanol–water partition coefficient (Wildman–Crippen LogP) is 7.82. The molecule has 2 N–H and O–H groups in total. The number of hydrogen-bond acceptors (Lipinski definition) is 7. The molecule has 0 bridgehead atoms. The Labute approximate surface area is 244 Å². The van der Waals surface area contributed by atoms with Crippen molar-refractivity contribution < 1.29 is 19.0 Å². The van der Waals surface area contributed by atoms with Gasteiger partial charge >= 0.3 is 5.97 Å². The summed E-state index contributed by atoms with van der Waals surface area (Å²) in [5, 5.41) is 7.09. The molecular formula is C35H29N3O4. The van der Waals surface area contributed by atoms with Crippen molar-refractivity contribution in [3.05, 3.63) is 131 Å². The number of anilines is 5. The van der Waals surface area contributed by atoms with Crippen LogP contribution in [0.15, 0.2) is 109 Å². The van der Waals surface area contributed by atoms with Crippen LogP contribution >= 0.6 is 0 Å². The van der Waals surface area contributed by atoms with Crippen molar-refractivity contribution >= 4 is 34.4 Å². The molecule has 0 saturated carbocycles. The van der Waals surface area contributed by atoms with Crippen LogP contribution in [0.5, 0.6) is 17.2 Å². The molecular weight excluding hydrogens is 526 g/mol. The molecule has 2 heterocycles. The summed E-state index contributed by atoms with van der Waals surface area (Å²) in [5.41, 5.74) is 5.73. The molecule has 5 aromatic rings. The first-order valence-corrected chi connectivity index (χ1v) is 13.7. The maximum absolute atomic E-state index is 13.9. The number of ether oxygens (including phenoxy) is 3. The summed E-state index contributed by atoms with van der Waals surface area (Å²) in [6, 6.07) is 35.1. The zero-order chi connectivity index (χ0) is 28.8. The normalized spacial score (nSPS) is 13.7. The molecule has 0 fully saturated rings. The van der Waals surface area contributed by atoms with Gasteiger partial charge in [-0.15, -0.1) is 0 Å². The van der Waals surface area contributed by atoms with E-state index in [2.05, 4.69) is 21.6 Å². The average molecular weight is 556 g/mol. The third kappa shape index (κ3) is 3.85.